The van der Waals surface area contributed by atoms with E-state index in [9.17, 15) is 9.59 Å². The van der Waals surface area contributed by atoms with Crippen LogP contribution in [0, 0.1) is 0 Å². The third-order valence-corrected chi connectivity index (χ3v) is 5.42. The number of hydrogen-bond acceptors (Lipinski definition) is 5. The van der Waals surface area contributed by atoms with Crippen LogP contribution in [0.5, 0.6) is 0 Å². The first kappa shape index (κ1) is 14.4. The van der Waals surface area contributed by atoms with Crippen LogP contribution < -0.4 is 4.90 Å². The molecule has 1 aromatic rings. The van der Waals surface area contributed by atoms with Crippen molar-refractivity contribution < 1.29 is 9.59 Å². The van der Waals surface area contributed by atoms with Gasteiger partial charge in [0.15, 0.2) is 0 Å². The number of rotatable bonds is 2. The molecule has 0 aromatic carbocycles. The third kappa shape index (κ3) is 2.09. The predicted molar refractivity (Wildman–Crippen MR) is 83.9 cm³/mol. The van der Waals surface area contributed by atoms with E-state index in [1.165, 1.54) is 4.90 Å². The summed E-state index contributed by atoms with van der Waals surface area (Å²) in [6.07, 6.45) is 6.73. The number of urea groups is 1. The zero-order valence-corrected chi connectivity index (χ0v) is 13.3. The Kier molecular flexibility index (Phi) is 3.25. The molecular formula is C16H21N5O2. The minimum Gasteiger partial charge on any atom is -0.341 e. The maximum Gasteiger partial charge on any atom is 0.327 e. The number of piperidine rings is 1. The van der Waals surface area contributed by atoms with Gasteiger partial charge in [0, 0.05) is 38.1 Å². The van der Waals surface area contributed by atoms with Crippen molar-refractivity contribution in [3.63, 3.8) is 0 Å². The summed E-state index contributed by atoms with van der Waals surface area (Å²) in [5.74, 6) is 0.715. The zero-order valence-electron chi connectivity index (χ0n) is 13.3. The molecule has 0 N–H and O–H groups in total. The molecule has 3 amide bonds. The van der Waals surface area contributed by atoms with Crippen LogP contribution in [0.25, 0.3) is 0 Å². The van der Waals surface area contributed by atoms with E-state index in [4.69, 9.17) is 0 Å². The van der Waals surface area contributed by atoms with E-state index in [1.54, 1.807) is 23.4 Å². The molecule has 0 spiro atoms. The van der Waals surface area contributed by atoms with Gasteiger partial charge in [-0.15, -0.1) is 0 Å². The van der Waals surface area contributed by atoms with Crippen molar-refractivity contribution in [3.05, 3.63) is 18.5 Å². The summed E-state index contributed by atoms with van der Waals surface area (Å²) in [4.78, 5) is 39.4. The fraction of sp³-hybridized carbons (Fsp3) is 0.625. The van der Waals surface area contributed by atoms with E-state index in [1.807, 2.05) is 6.92 Å². The Labute approximate surface area is 135 Å². The van der Waals surface area contributed by atoms with Crippen LogP contribution in [0.4, 0.5) is 10.7 Å². The van der Waals surface area contributed by atoms with Gasteiger partial charge in [0.1, 0.15) is 5.54 Å². The number of carbonyl (C=O) groups is 2. The highest BCUT2D eigenvalue weighted by Crippen LogP contribution is 2.39. The smallest absolute Gasteiger partial charge is 0.327 e. The van der Waals surface area contributed by atoms with Crippen molar-refractivity contribution >= 4 is 17.9 Å². The van der Waals surface area contributed by atoms with E-state index < -0.39 is 5.54 Å². The molecular weight excluding hydrogens is 294 g/mol. The molecule has 3 aliphatic heterocycles. The molecule has 3 saturated heterocycles. The van der Waals surface area contributed by atoms with Crippen molar-refractivity contribution in [3.8, 4) is 0 Å². The maximum absolute atomic E-state index is 12.8. The highest BCUT2D eigenvalue weighted by Gasteiger charge is 2.58. The van der Waals surface area contributed by atoms with Gasteiger partial charge in [0.25, 0.3) is 5.91 Å². The first-order valence-electron chi connectivity index (χ1n) is 8.28. The van der Waals surface area contributed by atoms with Crippen LogP contribution in [0.2, 0.25) is 0 Å². The van der Waals surface area contributed by atoms with Gasteiger partial charge in [-0.1, -0.05) is 0 Å². The second kappa shape index (κ2) is 5.18. The lowest BCUT2D eigenvalue weighted by molar-refractivity contribution is -0.133. The number of hydrogen-bond donors (Lipinski definition) is 0. The van der Waals surface area contributed by atoms with E-state index in [2.05, 4.69) is 14.9 Å². The fourth-order valence-corrected chi connectivity index (χ4v) is 4.07. The monoisotopic (exact) mass is 315 g/mol. The van der Waals surface area contributed by atoms with Gasteiger partial charge in [-0.25, -0.2) is 14.8 Å². The van der Waals surface area contributed by atoms with E-state index in [-0.39, 0.29) is 18.0 Å². The number of imide groups is 1. The SMILES string of the molecule is CC12CCCN1C(=O)N(C1CCN(c3ncccn3)CC1)C2=O. The lowest BCUT2D eigenvalue weighted by Gasteiger charge is -2.35. The number of amides is 3. The first-order valence-corrected chi connectivity index (χ1v) is 8.28. The van der Waals surface area contributed by atoms with Crippen molar-refractivity contribution in [2.45, 2.75) is 44.2 Å². The van der Waals surface area contributed by atoms with Gasteiger partial charge in [-0.2, -0.15) is 0 Å². The maximum atomic E-state index is 12.8. The number of anilines is 1. The van der Waals surface area contributed by atoms with Crippen LogP contribution in [-0.2, 0) is 4.79 Å². The molecule has 0 aliphatic carbocycles. The van der Waals surface area contributed by atoms with Gasteiger partial charge in [0.05, 0.1) is 0 Å². The molecule has 1 atom stereocenters. The molecule has 0 radical (unpaired) electrons. The first-order chi connectivity index (χ1) is 11.1. The summed E-state index contributed by atoms with van der Waals surface area (Å²) in [6.45, 7) is 4.15. The van der Waals surface area contributed by atoms with Crippen LogP contribution >= 0.6 is 0 Å². The Morgan fingerprint density at radius 1 is 1.13 bits per heavy atom. The molecule has 122 valence electrons. The summed E-state index contributed by atoms with van der Waals surface area (Å²) in [6, 6.07) is 1.70. The van der Waals surface area contributed by atoms with E-state index >= 15 is 0 Å². The molecule has 7 heteroatoms. The second-order valence-corrected chi connectivity index (χ2v) is 6.75. The van der Waals surface area contributed by atoms with Gasteiger partial charge >= 0.3 is 6.03 Å². The van der Waals surface area contributed by atoms with Crippen LogP contribution in [0.15, 0.2) is 18.5 Å². The summed E-state index contributed by atoms with van der Waals surface area (Å²) < 4.78 is 0. The van der Waals surface area contributed by atoms with E-state index in [0.717, 1.165) is 44.7 Å². The Morgan fingerprint density at radius 2 is 1.83 bits per heavy atom. The minimum atomic E-state index is -0.600. The second-order valence-electron chi connectivity index (χ2n) is 6.75. The molecule has 23 heavy (non-hydrogen) atoms. The molecule has 3 fully saturated rings. The topological polar surface area (TPSA) is 69.6 Å². The van der Waals surface area contributed by atoms with Crippen molar-refractivity contribution in [1.82, 2.24) is 19.8 Å². The molecule has 4 heterocycles. The predicted octanol–water partition coefficient (Wildman–Crippen LogP) is 1.26. The quantitative estimate of drug-likeness (QED) is 0.769. The molecule has 0 bridgehead atoms. The number of nitrogens with zero attached hydrogens (tertiary/aromatic N) is 5. The molecule has 4 rings (SSSR count). The van der Waals surface area contributed by atoms with Gasteiger partial charge < -0.3 is 9.80 Å². The summed E-state index contributed by atoms with van der Waals surface area (Å²) >= 11 is 0. The molecule has 1 aromatic heterocycles. The molecule has 7 nitrogen and oxygen atoms in total. The van der Waals surface area contributed by atoms with Crippen molar-refractivity contribution in [2.75, 3.05) is 24.5 Å². The van der Waals surface area contributed by atoms with E-state index in [0.29, 0.717) is 6.54 Å². The Hall–Kier alpha value is -2.18. The zero-order chi connectivity index (χ0) is 16.0. The Morgan fingerprint density at radius 3 is 2.48 bits per heavy atom. The average molecular weight is 315 g/mol. The van der Waals surface area contributed by atoms with Crippen LogP contribution in [0.1, 0.15) is 32.6 Å². The average Bonchev–Trinajstić information content (AvgIpc) is 3.06. The number of fused-ring (bicyclic) bond motifs is 1. The normalized spacial score (nSPS) is 28.7. The largest absolute Gasteiger partial charge is 0.341 e. The summed E-state index contributed by atoms with van der Waals surface area (Å²) in [7, 11) is 0. The minimum absolute atomic E-state index is 0.00242. The highest BCUT2D eigenvalue weighted by atomic mass is 16.2. The van der Waals surface area contributed by atoms with Gasteiger partial charge in [-0.05, 0) is 38.7 Å². The standard InChI is InChI=1S/C16H21N5O2/c1-16-6-2-9-20(16)15(23)21(13(16)22)12-4-10-19(11-5-12)14-17-7-3-8-18-14/h3,7-8,12H,2,4-6,9-11H2,1H3. The molecule has 3 aliphatic rings. The number of aromatic nitrogens is 2. The van der Waals surface area contributed by atoms with Gasteiger partial charge in [0.2, 0.25) is 5.95 Å². The lowest BCUT2D eigenvalue weighted by Crippen LogP contribution is -2.49. The number of carbonyl (C=O) groups excluding carboxylic acids is 2. The van der Waals surface area contributed by atoms with Crippen molar-refractivity contribution in [1.29, 1.82) is 0 Å². The summed E-state index contributed by atoms with van der Waals surface area (Å²) in [5.41, 5.74) is -0.600. The lowest BCUT2D eigenvalue weighted by atomic mass is 9.97. The highest BCUT2D eigenvalue weighted by molar-refractivity contribution is 6.07. The molecule has 0 saturated carbocycles. The Balaban J connectivity index is 1.47. The van der Waals surface area contributed by atoms with Crippen LogP contribution in [-0.4, -0.2) is 62.9 Å². The summed E-state index contributed by atoms with van der Waals surface area (Å²) in [5, 5.41) is 0. The van der Waals surface area contributed by atoms with Crippen LogP contribution in [0.3, 0.4) is 0 Å². The molecule has 1 unspecified atom stereocenters. The van der Waals surface area contributed by atoms with Crippen molar-refractivity contribution in [2.24, 2.45) is 0 Å². The van der Waals surface area contributed by atoms with Gasteiger partial charge in [-0.3, -0.25) is 9.69 Å². The third-order valence-electron chi connectivity index (χ3n) is 5.42. The fourth-order valence-electron chi connectivity index (χ4n) is 4.07. The Bertz CT molecular complexity index is 629.